The Morgan fingerprint density at radius 2 is 2.06 bits per heavy atom. The fourth-order valence-corrected chi connectivity index (χ4v) is 2.30. The van der Waals surface area contributed by atoms with Crippen LogP contribution in [0.25, 0.3) is 0 Å². The number of hydrogen-bond acceptors (Lipinski definition) is 3. The van der Waals surface area contributed by atoms with Crippen LogP contribution in [-0.2, 0) is 4.74 Å². The van der Waals surface area contributed by atoms with Gasteiger partial charge in [0, 0.05) is 25.2 Å². The van der Waals surface area contributed by atoms with Crippen molar-refractivity contribution in [3.63, 3.8) is 0 Å². The number of morpholine rings is 1. The van der Waals surface area contributed by atoms with Crippen LogP contribution >= 0.6 is 0 Å². The Morgan fingerprint density at radius 1 is 1.31 bits per heavy atom. The zero-order chi connectivity index (χ0) is 12.0. The minimum Gasteiger partial charge on any atom is -0.378 e. The van der Waals surface area contributed by atoms with Gasteiger partial charge in [0.25, 0.3) is 0 Å². The van der Waals surface area contributed by atoms with Crippen LogP contribution in [0.3, 0.4) is 0 Å². The Hall–Kier alpha value is -0.120. The minimum absolute atomic E-state index is 0.615. The van der Waals surface area contributed by atoms with E-state index in [4.69, 9.17) is 4.74 Å². The largest absolute Gasteiger partial charge is 0.378 e. The quantitative estimate of drug-likeness (QED) is 0.749. The van der Waals surface area contributed by atoms with Crippen molar-refractivity contribution in [2.45, 2.75) is 46.2 Å². The van der Waals surface area contributed by atoms with E-state index in [1.165, 1.54) is 6.42 Å². The van der Waals surface area contributed by atoms with Gasteiger partial charge in [-0.25, -0.2) is 0 Å². The molecular weight excluding hydrogens is 200 g/mol. The summed E-state index contributed by atoms with van der Waals surface area (Å²) in [5.41, 5.74) is 0. The first kappa shape index (κ1) is 13.9. The van der Waals surface area contributed by atoms with Gasteiger partial charge < -0.3 is 10.1 Å². The minimum atomic E-state index is 0.615. The summed E-state index contributed by atoms with van der Waals surface area (Å²) in [6.45, 7) is 14.2. The van der Waals surface area contributed by atoms with E-state index >= 15 is 0 Å². The van der Waals surface area contributed by atoms with Crippen LogP contribution in [0.1, 0.15) is 34.1 Å². The van der Waals surface area contributed by atoms with Crippen molar-refractivity contribution in [1.82, 2.24) is 10.2 Å². The maximum absolute atomic E-state index is 5.53. The maximum Gasteiger partial charge on any atom is 0.0622 e. The molecule has 1 aliphatic rings. The van der Waals surface area contributed by atoms with Crippen molar-refractivity contribution in [2.24, 2.45) is 5.92 Å². The van der Waals surface area contributed by atoms with E-state index in [-0.39, 0.29) is 0 Å². The number of nitrogens with zero attached hydrogens (tertiary/aromatic N) is 1. The lowest BCUT2D eigenvalue weighted by molar-refractivity contribution is -0.0263. The Balaban J connectivity index is 2.29. The second-order valence-corrected chi connectivity index (χ2v) is 5.28. The zero-order valence-electron chi connectivity index (χ0n) is 11.3. The van der Waals surface area contributed by atoms with Crippen LogP contribution in [0, 0.1) is 5.92 Å². The second-order valence-electron chi connectivity index (χ2n) is 5.28. The molecule has 1 fully saturated rings. The first-order chi connectivity index (χ1) is 7.65. The van der Waals surface area contributed by atoms with Crippen LogP contribution < -0.4 is 5.32 Å². The second kappa shape index (κ2) is 7.25. The third-order valence-corrected chi connectivity index (χ3v) is 3.30. The Labute approximate surface area is 101 Å². The molecule has 16 heavy (non-hydrogen) atoms. The molecule has 1 rings (SSSR count). The predicted octanol–water partition coefficient (Wildman–Crippen LogP) is 1.73. The molecule has 2 unspecified atom stereocenters. The summed E-state index contributed by atoms with van der Waals surface area (Å²) in [6, 6.07) is 1.23. The van der Waals surface area contributed by atoms with Gasteiger partial charge in [-0.3, -0.25) is 4.90 Å². The number of hydrogen-bond donors (Lipinski definition) is 1. The summed E-state index contributed by atoms with van der Waals surface area (Å²) < 4.78 is 5.53. The van der Waals surface area contributed by atoms with Crippen LogP contribution in [0.5, 0.6) is 0 Å². The topological polar surface area (TPSA) is 24.5 Å². The van der Waals surface area contributed by atoms with Crippen LogP contribution in [0.2, 0.25) is 0 Å². The molecule has 0 aromatic carbocycles. The molecule has 3 heteroatoms. The molecule has 0 saturated carbocycles. The zero-order valence-corrected chi connectivity index (χ0v) is 11.3. The lowest BCUT2D eigenvalue weighted by Gasteiger charge is -2.39. The molecule has 1 heterocycles. The van der Waals surface area contributed by atoms with E-state index in [0.29, 0.717) is 12.1 Å². The normalized spacial score (nSPS) is 24.9. The molecule has 0 aromatic heterocycles. The lowest BCUT2D eigenvalue weighted by atomic mass is 10.1. The van der Waals surface area contributed by atoms with E-state index in [1.807, 2.05) is 0 Å². The third-order valence-electron chi connectivity index (χ3n) is 3.30. The Bertz CT molecular complexity index is 185. The molecular formula is C13H28N2O. The molecule has 0 radical (unpaired) electrons. The van der Waals surface area contributed by atoms with Crippen molar-refractivity contribution >= 4 is 0 Å². The molecule has 0 bridgehead atoms. The maximum atomic E-state index is 5.53. The van der Waals surface area contributed by atoms with E-state index in [1.54, 1.807) is 0 Å². The highest BCUT2D eigenvalue weighted by atomic mass is 16.5. The summed E-state index contributed by atoms with van der Waals surface area (Å²) in [6.07, 6.45) is 1.19. The van der Waals surface area contributed by atoms with Crippen molar-refractivity contribution in [3.8, 4) is 0 Å². The lowest BCUT2D eigenvalue weighted by Crippen LogP contribution is -2.52. The third kappa shape index (κ3) is 4.40. The van der Waals surface area contributed by atoms with Crippen molar-refractivity contribution < 1.29 is 4.74 Å². The van der Waals surface area contributed by atoms with E-state index < -0.39 is 0 Å². The van der Waals surface area contributed by atoms with Crippen LogP contribution in [0.15, 0.2) is 0 Å². The van der Waals surface area contributed by atoms with E-state index in [9.17, 15) is 0 Å². The fourth-order valence-electron chi connectivity index (χ4n) is 2.30. The molecule has 1 aliphatic heterocycles. The van der Waals surface area contributed by atoms with Gasteiger partial charge in [-0.2, -0.15) is 0 Å². The van der Waals surface area contributed by atoms with Gasteiger partial charge in [-0.1, -0.05) is 20.8 Å². The highest BCUT2D eigenvalue weighted by molar-refractivity contribution is 4.80. The van der Waals surface area contributed by atoms with Gasteiger partial charge in [-0.15, -0.1) is 0 Å². The van der Waals surface area contributed by atoms with Gasteiger partial charge in [0.05, 0.1) is 13.2 Å². The Morgan fingerprint density at radius 3 is 2.69 bits per heavy atom. The number of nitrogens with one attached hydrogen (secondary N) is 1. The highest BCUT2D eigenvalue weighted by Crippen LogP contribution is 2.13. The summed E-state index contributed by atoms with van der Waals surface area (Å²) in [7, 11) is 0. The van der Waals surface area contributed by atoms with Gasteiger partial charge in [0.15, 0.2) is 0 Å². The van der Waals surface area contributed by atoms with E-state index in [0.717, 1.165) is 38.8 Å². The number of rotatable bonds is 6. The van der Waals surface area contributed by atoms with Crippen molar-refractivity contribution in [2.75, 3.05) is 32.8 Å². The number of ether oxygens (including phenoxy) is 1. The summed E-state index contributed by atoms with van der Waals surface area (Å²) in [5.74, 6) is 0.735. The standard InChI is InChI=1S/C13H28N2O/c1-5-13-10-16-7-6-15(13)12(4)9-14-8-11(2)3/h11-14H,5-10H2,1-4H3. The van der Waals surface area contributed by atoms with E-state index in [2.05, 4.69) is 37.9 Å². The smallest absolute Gasteiger partial charge is 0.0622 e. The molecule has 0 aliphatic carbocycles. The summed E-state index contributed by atoms with van der Waals surface area (Å²) in [4.78, 5) is 2.59. The van der Waals surface area contributed by atoms with Gasteiger partial charge >= 0.3 is 0 Å². The van der Waals surface area contributed by atoms with Crippen LogP contribution in [-0.4, -0.2) is 49.8 Å². The Kier molecular flexibility index (Phi) is 6.32. The first-order valence-corrected chi connectivity index (χ1v) is 6.69. The van der Waals surface area contributed by atoms with Crippen LogP contribution in [0.4, 0.5) is 0 Å². The van der Waals surface area contributed by atoms with Crippen molar-refractivity contribution in [3.05, 3.63) is 0 Å². The molecule has 0 spiro atoms. The van der Waals surface area contributed by atoms with Gasteiger partial charge in [-0.05, 0) is 25.8 Å². The first-order valence-electron chi connectivity index (χ1n) is 6.69. The monoisotopic (exact) mass is 228 g/mol. The average Bonchev–Trinajstić information content (AvgIpc) is 2.28. The molecule has 0 aromatic rings. The molecule has 96 valence electrons. The molecule has 1 N–H and O–H groups in total. The molecule has 1 saturated heterocycles. The SMILES string of the molecule is CCC1COCCN1C(C)CNCC(C)C. The molecule has 0 amide bonds. The fraction of sp³-hybridized carbons (Fsp3) is 1.00. The van der Waals surface area contributed by atoms with Crippen molar-refractivity contribution in [1.29, 1.82) is 0 Å². The summed E-state index contributed by atoms with van der Waals surface area (Å²) in [5, 5.41) is 3.54. The van der Waals surface area contributed by atoms with Gasteiger partial charge in [0.2, 0.25) is 0 Å². The predicted molar refractivity (Wildman–Crippen MR) is 68.8 cm³/mol. The molecule has 2 atom stereocenters. The van der Waals surface area contributed by atoms with Gasteiger partial charge in [0.1, 0.15) is 0 Å². The highest BCUT2D eigenvalue weighted by Gasteiger charge is 2.25. The summed E-state index contributed by atoms with van der Waals surface area (Å²) >= 11 is 0. The molecule has 3 nitrogen and oxygen atoms in total. The average molecular weight is 228 g/mol.